The number of aromatic hydroxyl groups is 1. The van der Waals surface area contributed by atoms with Gasteiger partial charge in [-0.1, -0.05) is 42.0 Å². The first-order chi connectivity index (χ1) is 22.0. The molecule has 0 unspecified atom stereocenters. The molecule has 12 heteroatoms. The number of hydrogen-bond donors (Lipinski definition) is 3. The summed E-state index contributed by atoms with van der Waals surface area (Å²) in [6, 6.07) is 18.3. The van der Waals surface area contributed by atoms with E-state index in [9.17, 15) is 34.3 Å². The van der Waals surface area contributed by atoms with Gasteiger partial charge in [-0.25, -0.2) is 4.90 Å². The van der Waals surface area contributed by atoms with Gasteiger partial charge in [0.2, 0.25) is 23.6 Å². The topological polar surface area (TPSA) is 145 Å². The zero-order chi connectivity index (χ0) is 32.7. The average Bonchev–Trinajstić information content (AvgIpc) is 3.42. The van der Waals surface area contributed by atoms with Gasteiger partial charge in [0.25, 0.3) is 0 Å². The predicted molar refractivity (Wildman–Crippen MR) is 177 cm³/mol. The van der Waals surface area contributed by atoms with Crippen LogP contribution in [-0.4, -0.2) is 53.0 Å². The van der Waals surface area contributed by atoms with Crippen LogP contribution < -0.4 is 20.0 Å². The average molecular weight is 732 g/mol. The number of allylic oxidation sites excluding steroid dienone is 2. The Morgan fingerprint density at radius 3 is 2.30 bits per heavy atom. The minimum atomic E-state index is -1.77. The van der Waals surface area contributed by atoms with E-state index in [1.165, 1.54) is 24.1 Å². The lowest BCUT2D eigenvalue weighted by Crippen LogP contribution is -2.49. The molecule has 10 nitrogen and oxygen atoms in total. The van der Waals surface area contributed by atoms with E-state index in [2.05, 4.69) is 0 Å². The first kappa shape index (κ1) is 30.6. The maximum Gasteiger partial charge on any atom is 0.488 e. The number of fused-ring (bicyclic) bond motifs is 4. The Morgan fingerprint density at radius 1 is 0.891 bits per heavy atom. The van der Waals surface area contributed by atoms with Gasteiger partial charge in [-0.05, 0) is 95.7 Å². The number of phenols is 1. The molecule has 4 amide bonds. The van der Waals surface area contributed by atoms with Gasteiger partial charge in [0.05, 0.1) is 45.2 Å². The summed E-state index contributed by atoms with van der Waals surface area (Å²) in [5.41, 5.74) is 1.09. The normalized spacial score (nSPS) is 28.5. The van der Waals surface area contributed by atoms with E-state index in [0.29, 0.717) is 14.8 Å². The van der Waals surface area contributed by atoms with Crippen molar-refractivity contribution in [2.75, 3.05) is 16.9 Å². The molecule has 3 aromatic carbocycles. The Bertz CT molecular complexity index is 1850. The van der Waals surface area contributed by atoms with E-state index in [4.69, 9.17) is 4.74 Å². The van der Waals surface area contributed by atoms with Crippen molar-refractivity contribution in [1.29, 1.82) is 0 Å². The highest BCUT2D eigenvalue weighted by atomic mass is 127. The number of rotatable bonds is 5. The van der Waals surface area contributed by atoms with Crippen LogP contribution in [0.3, 0.4) is 0 Å². The summed E-state index contributed by atoms with van der Waals surface area (Å²) in [5.74, 6) is -4.79. The summed E-state index contributed by atoms with van der Waals surface area (Å²) in [5, 5.41) is 30.1. The minimum Gasteiger partial charge on any atom is -0.504 e. The van der Waals surface area contributed by atoms with E-state index in [1.54, 1.807) is 55.5 Å². The van der Waals surface area contributed by atoms with Crippen LogP contribution in [0.15, 0.2) is 78.4 Å². The molecule has 0 radical (unpaired) electrons. The number of para-hydroxylation sites is 1. The summed E-state index contributed by atoms with van der Waals surface area (Å²) in [4.78, 5) is 59.3. The number of carbonyl (C=O) groups excluding carboxylic acids is 4. The van der Waals surface area contributed by atoms with Gasteiger partial charge in [0.1, 0.15) is 0 Å². The second kappa shape index (κ2) is 11.1. The molecule has 2 aliphatic carbocycles. The number of ether oxygens (including phenoxy) is 1. The third kappa shape index (κ3) is 4.30. The summed E-state index contributed by atoms with van der Waals surface area (Å²) in [7, 11) is -0.333. The van der Waals surface area contributed by atoms with E-state index in [1.807, 2.05) is 34.7 Å². The highest BCUT2D eigenvalue weighted by Gasteiger charge is 2.67. The zero-order valence-corrected chi connectivity index (χ0v) is 27.1. The van der Waals surface area contributed by atoms with Crippen molar-refractivity contribution in [2.45, 2.75) is 25.7 Å². The molecular weight excluding hydrogens is 702 g/mol. The monoisotopic (exact) mass is 732 g/mol. The number of imide groups is 2. The largest absolute Gasteiger partial charge is 0.504 e. The van der Waals surface area contributed by atoms with Crippen molar-refractivity contribution in [2.24, 2.45) is 29.1 Å². The molecule has 0 bridgehead atoms. The molecule has 46 heavy (non-hydrogen) atoms. The third-order valence-electron chi connectivity index (χ3n) is 10.3. The molecule has 3 N–H and O–H groups in total. The molecule has 6 atom stereocenters. The first-order valence-corrected chi connectivity index (χ1v) is 16.1. The van der Waals surface area contributed by atoms with Gasteiger partial charge < -0.3 is 19.9 Å². The van der Waals surface area contributed by atoms with Crippen LogP contribution in [0, 0.1) is 32.7 Å². The fraction of sp³-hybridized carbons (Fsp3) is 0.294. The first-order valence-electron chi connectivity index (χ1n) is 15.0. The highest BCUT2D eigenvalue weighted by Crippen LogP contribution is 2.64. The van der Waals surface area contributed by atoms with Crippen molar-refractivity contribution >= 4 is 70.2 Å². The lowest BCUT2D eigenvalue weighted by atomic mass is 9.51. The van der Waals surface area contributed by atoms with Gasteiger partial charge in [-0.2, -0.15) is 0 Å². The number of methoxy groups -OCH3 is 1. The summed E-state index contributed by atoms with van der Waals surface area (Å²) in [6.07, 6.45) is 2.41. The summed E-state index contributed by atoms with van der Waals surface area (Å²) < 4.78 is 5.99. The number of benzene rings is 3. The molecule has 3 fully saturated rings. The summed E-state index contributed by atoms with van der Waals surface area (Å²) >= 11 is 2.00. The molecule has 234 valence electrons. The smallest absolute Gasteiger partial charge is 0.488 e. The predicted octanol–water partition coefficient (Wildman–Crippen LogP) is 3.12. The number of anilines is 2. The lowest BCUT2D eigenvalue weighted by Gasteiger charge is -2.49. The number of carbonyl (C=O) groups is 4. The Hall–Kier alpha value is -4.01. The van der Waals surface area contributed by atoms with Crippen LogP contribution in [0.5, 0.6) is 11.5 Å². The van der Waals surface area contributed by atoms with Crippen LogP contribution in [0.2, 0.25) is 0 Å². The number of halogens is 1. The molecule has 2 aliphatic heterocycles. The number of hydrogen-bond acceptors (Lipinski definition) is 8. The van der Waals surface area contributed by atoms with Crippen LogP contribution in [0.25, 0.3) is 0 Å². The number of amides is 4. The molecule has 0 aromatic heterocycles. The molecule has 7 rings (SSSR count). The molecule has 0 spiro atoms. The van der Waals surface area contributed by atoms with Gasteiger partial charge in [0, 0.05) is 5.92 Å². The number of phenolic OH excluding ortho intramolecular Hbond substituents is 1. The SMILES string of the molecule is COc1cc([C@H]2C3=CC[C@@H]4C(=O)N(c5cccc(B(O)O)c5)C(=O)[C@@H]4[C@@H]3C[C@H]3C(=O)N(c4ccccc4)C(=O)[C@@]23C)cc(I)c1O. The van der Waals surface area contributed by atoms with E-state index in [-0.39, 0.29) is 53.2 Å². The Kier molecular flexibility index (Phi) is 7.37. The fourth-order valence-electron chi connectivity index (χ4n) is 8.21. The Balaban J connectivity index is 1.38. The standard InChI is InChI=1S/C34H30BIN2O8/c1-34-24(31(41)38(33(34)43)19-8-4-3-5-9-19)16-23-21(28(34)17-13-25(36)29(39)26(14-17)46-2)11-12-22-27(23)32(42)37(30(22)40)20-10-6-7-18(15-20)35(44)45/h3-11,13-15,22-24,27-28,39,44-45H,12,16H2,1-2H3/t22-,23+,24-,27-,28-,34+/m0/s1. The van der Waals surface area contributed by atoms with E-state index >= 15 is 0 Å². The second-order valence-corrected chi connectivity index (χ2v) is 13.7. The molecule has 4 aliphatic rings. The lowest BCUT2D eigenvalue weighted by molar-refractivity contribution is -0.131. The van der Waals surface area contributed by atoms with Gasteiger partial charge in [-0.3, -0.25) is 24.1 Å². The van der Waals surface area contributed by atoms with Gasteiger partial charge in [0.15, 0.2) is 11.5 Å². The molecule has 2 heterocycles. The second-order valence-electron chi connectivity index (χ2n) is 12.5. The molecular formula is C34H30BIN2O8. The van der Waals surface area contributed by atoms with E-state index < -0.39 is 48.0 Å². The molecule has 1 saturated carbocycles. The van der Waals surface area contributed by atoms with Crippen molar-refractivity contribution in [3.05, 3.63) is 87.5 Å². The van der Waals surface area contributed by atoms with Gasteiger partial charge in [-0.15, -0.1) is 0 Å². The highest BCUT2D eigenvalue weighted by molar-refractivity contribution is 14.1. The maximum absolute atomic E-state index is 14.5. The molecule has 3 aromatic rings. The van der Waals surface area contributed by atoms with Crippen molar-refractivity contribution in [1.82, 2.24) is 0 Å². The maximum atomic E-state index is 14.5. The van der Waals surface area contributed by atoms with Crippen LogP contribution >= 0.6 is 22.6 Å². The van der Waals surface area contributed by atoms with E-state index in [0.717, 1.165) is 10.5 Å². The van der Waals surface area contributed by atoms with Crippen molar-refractivity contribution in [3.8, 4) is 11.5 Å². The minimum absolute atomic E-state index is 0.0409. The summed E-state index contributed by atoms with van der Waals surface area (Å²) in [6.45, 7) is 1.81. The fourth-order valence-corrected chi connectivity index (χ4v) is 8.84. The Morgan fingerprint density at radius 2 is 1.61 bits per heavy atom. The third-order valence-corrected chi connectivity index (χ3v) is 11.1. The Labute approximate surface area is 278 Å². The number of nitrogens with zero attached hydrogens (tertiary/aromatic N) is 2. The molecule has 2 saturated heterocycles. The van der Waals surface area contributed by atoms with Crippen LogP contribution in [0.1, 0.15) is 31.2 Å². The van der Waals surface area contributed by atoms with Crippen molar-refractivity contribution in [3.63, 3.8) is 0 Å². The van der Waals surface area contributed by atoms with Crippen LogP contribution in [-0.2, 0) is 19.2 Å². The van der Waals surface area contributed by atoms with Crippen LogP contribution in [0.4, 0.5) is 11.4 Å². The quantitative estimate of drug-likeness (QED) is 0.157. The van der Waals surface area contributed by atoms with Crippen molar-refractivity contribution < 1.29 is 39.1 Å². The van der Waals surface area contributed by atoms with Gasteiger partial charge >= 0.3 is 7.12 Å². The zero-order valence-electron chi connectivity index (χ0n) is 25.0.